The number of esters is 1. The number of ether oxygens (including phenoxy) is 6. The van der Waals surface area contributed by atoms with Gasteiger partial charge in [-0.15, -0.1) is 0 Å². The molecule has 2 aromatic carbocycles. The molecule has 0 aromatic heterocycles. The summed E-state index contributed by atoms with van der Waals surface area (Å²) < 4.78 is 34.0. The Kier molecular flexibility index (Phi) is 10.2. The average molecular weight is 662 g/mol. The highest BCUT2D eigenvalue weighted by atomic mass is 17.2. The van der Waals surface area contributed by atoms with Gasteiger partial charge in [0, 0.05) is 17.2 Å². The molecular formula is C32H39NO14. The van der Waals surface area contributed by atoms with E-state index in [4.69, 9.17) is 43.3 Å². The first-order chi connectivity index (χ1) is 22.7. The number of carboxylic acid groups (broad SMARTS) is 1. The van der Waals surface area contributed by atoms with Crippen LogP contribution in [0.2, 0.25) is 0 Å². The molecule has 0 saturated carbocycles. The van der Waals surface area contributed by atoms with Gasteiger partial charge in [-0.1, -0.05) is 12.8 Å². The van der Waals surface area contributed by atoms with Crippen LogP contribution in [0.25, 0.3) is 0 Å². The number of fused-ring (bicyclic) bond motifs is 6. The van der Waals surface area contributed by atoms with Crippen LogP contribution in [-0.2, 0) is 30.4 Å². The highest BCUT2D eigenvalue weighted by Crippen LogP contribution is 2.55. The smallest absolute Gasteiger partial charge is 0.317 e. The Morgan fingerprint density at radius 1 is 0.936 bits per heavy atom. The number of unbranched alkanes of at least 4 members (excludes halogenated alkanes) is 3. The molecule has 1 saturated heterocycles. The zero-order valence-electron chi connectivity index (χ0n) is 25.8. The zero-order chi connectivity index (χ0) is 33.1. The fourth-order valence-corrected chi connectivity index (χ4v) is 6.24. The zero-order valence-corrected chi connectivity index (χ0v) is 25.8. The minimum atomic E-state index is -1.78. The topological polar surface area (TPSA) is 201 Å². The first kappa shape index (κ1) is 33.1. The molecule has 0 radical (unpaired) electrons. The number of carboxylic acids is 1. The molecule has 0 aliphatic carbocycles. The maximum atomic E-state index is 11.6. The van der Waals surface area contributed by atoms with E-state index in [1.807, 2.05) is 19.2 Å². The third-order valence-electron chi connectivity index (χ3n) is 8.65. The lowest BCUT2D eigenvalue weighted by molar-refractivity contribution is -0.365. The normalized spacial score (nSPS) is 26.8. The van der Waals surface area contributed by atoms with Gasteiger partial charge in [0.1, 0.15) is 48.9 Å². The summed E-state index contributed by atoms with van der Waals surface area (Å²) in [7, 11) is 1.93. The molecule has 0 spiro atoms. The molecule has 4 aliphatic heterocycles. The van der Waals surface area contributed by atoms with Crippen molar-refractivity contribution in [3.63, 3.8) is 0 Å². The van der Waals surface area contributed by atoms with E-state index in [1.165, 1.54) is 0 Å². The minimum absolute atomic E-state index is 0.121. The van der Waals surface area contributed by atoms with Gasteiger partial charge in [0.2, 0.25) is 6.79 Å². The lowest BCUT2D eigenvalue weighted by Crippen LogP contribution is -2.59. The SMILES string of the molecule is CNCCCCCCc1cc(OO[C@@H]2[C@@H](O)[C@H](O)[C@@H](COC(=O)CC(=O)O)O[C@H]2O)cc2c1OC[C@@H]1c3cc4c(cc3O[C@H]21)OCO4. The number of nitrogens with one attached hydrogen (secondary N) is 1. The van der Waals surface area contributed by atoms with Crippen molar-refractivity contribution in [2.45, 2.75) is 81.3 Å². The van der Waals surface area contributed by atoms with Crippen molar-refractivity contribution in [1.29, 1.82) is 0 Å². The van der Waals surface area contributed by atoms with E-state index in [0.29, 0.717) is 36.0 Å². The van der Waals surface area contributed by atoms with E-state index >= 15 is 0 Å². The largest absolute Gasteiger partial charge is 0.492 e. The van der Waals surface area contributed by atoms with Crippen LogP contribution in [0.15, 0.2) is 24.3 Å². The molecule has 4 aliphatic rings. The minimum Gasteiger partial charge on any atom is -0.492 e. The maximum Gasteiger partial charge on any atom is 0.317 e. The average Bonchev–Trinajstić information content (AvgIpc) is 3.66. The van der Waals surface area contributed by atoms with Gasteiger partial charge in [-0.05, 0) is 56.6 Å². The number of aryl methyl sites for hydroxylation is 1. The van der Waals surface area contributed by atoms with Gasteiger partial charge in [0.05, 0.1) is 12.5 Å². The highest BCUT2D eigenvalue weighted by Gasteiger charge is 2.47. The molecule has 15 heteroatoms. The second-order valence-electron chi connectivity index (χ2n) is 11.9. The lowest BCUT2D eigenvalue weighted by Gasteiger charge is -2.39. The third kappa shape index (κ3) is 7.20. The van der Waals surface area contributed by atoms with Crippen LogP contribution in [-0.4, -0.2) is 96.7 Å². The van der Waals surface area contributed by atoms with Crippen LogP contribution in [0.3, 0.4) is 0 Å². The van der Waals surface area contributed by atoms with Crippen LogP contribution < -0.4 is 29.2 Å². The molecule has 47 heavy (non-hydrogen) atoms. The number of hydrogen-bond acceptors (Lipinski definition) is 14. The van der Waals surface area contributed by atoms with Gasteiger partial charge in [0.25, 0.3) is 0 Å². The molecule has 256 valence electrons. The molecule has 5 N–H and O–H groups in total. The van der Waals surface area contributed by atoms with Crippen LogP contribution in [0.5, 0.6) is 28.7 Å². The molecule has 7 atom stereocenters. The molecule has 0 amide bonds. The second kappa shape index (κ2) is 14.5. The Morgan fingerprint density at radius 3 is 2.51 bits per heavy atom. The van der Waals surface area contributed by atoms with Gasteiger partial charge in [0.15, 0.2) is 29.6 Å². The quantitative estimate of drug-likeness (QED) is 0.0640. The number of hydrogen-bond donors (Lipinski definition) is 5. The molecule has 0 unspecified atom stereocenters. The van der Waals surface area contributed by atoms with Crippen molar-refractivity contribution in [2.24, 2.45) is 0 Å². The summed E-state index contributed by atoms with van der Waals surface area (Å²) in [5.41, 5.74) is 2.57. The Morgan fingerprint density at radius 2 is 1.72 bits per heavy atom. The van der Waals surface area contributed by atoms with Gasteiger partial charge in [-0.3, -0.25) is 9.59 Å². The molecule has 2 aromatic rings. The van der Waals surface area contributed by atoms with Crippen molar-refractivity contribution in [3.8, 4) is 28.7 Å². The van der Waals surface area contributed by atoms with Crippen molar-refractivity contribution in [3.05, 3.63) is 41.0 Å². The summed E-state index contributed by atoms with van der Waals surface area (Å²) in [6, 6.07) is 7.24. The predicted molar refractivity (Wildman–Crippen MR) is 158 cm³/mol. The Bertz CT molecular complexity index is 1450. The molecule has 15 nitrogen and oxygen atoms in total. The second-order valence-corrected chi connectivity index (χ2v) is 11.9. The number of aliphatic hydroxyl groups is 3. The predicted octanol–water partition coefficient (Wildman–Crippen LogP) is 1.48. The standard InChI is InChI=1S/C32H39NO14/c1-33-7-5-3-2-4-6-16-8-17(46-47-31-28(38)27(37)24(45-32(31)39)14-40-26(36)12-25(34)35)9-19-29(16)41-13-20-18-10-22-23(43-15-42-22)11-21(18)44-30(19)20/h8-11,20,24,27-28,30-33,37-39H,2-7,12-15H2,1H3,(H,34,35)/t20-,24-,27-,28+,30-,31-,32-/m1/s1. The van der Waals surface area contributed by atoms with Crippen LogP contribution in [0.1, 0.15) is 60.8 Å². The molecule has 6 rings (SSSR count). The Balaban J connectivity index is 1.17. The first-order valence-corrected chi connectivity index (χ1v) is 15.7. The number of benzene rings is 2. The number of aliphatic hydroxyl groups excluding tert-OH is 3. The number of carbonyl (C=O) groups excluding carboxylic acids is 1. The van der Waals surface area contributed by atoms with Gasteiger partial charge >= 0.3 is 11.9 Å². The van der Waals surface area contributed by atoms with Crippen LogP contribution >= 0.6 is 0 Å². The van der Waals surface area contributed by atoms with E-state index in [1.54, 1.807) is 12.1 Å². The van der Waals surface area contributed by atoms with Crippen molar-refractivity contribution in [1.82, 2.24) is 5.32 Å². The van der Waals surface area contributed by atoms with Crippen molar-refractivity contribution < 1.29 is 68.2 Å². The summed E-state index contributed by atoms with van der Waals surface area (Å²) in [5.74, 6) is 0.331. The molecule has 0 bridgehead atoms. The maximum absolute atomic E-state index is 11.6. The molecule has 4 heterocycles. The van der Waals surface area contributed by atoms with Gasteiger partial charge in [-0.2, -0.15) is 4.89 Å². The van der Waals surface area contributed by atoms with E-state index < -0.39 is 61.8 Å². The number of rotatable bonds is 14. The van der Waals surface area contributed by atoms with Crippen LogP contribution in [0, 0.1) is 0 Å². The number of carbonyl (C=O) groups is 2. The molecule has 1 fully saturated rings. The van der Waals surface area contributed by atoms with E-state index in [9.17, 15) is 24.9 Å². The Hall–Kier alpha value is -3.86. The highest BCUT2D eigenvalue weighted by molar-refractivity contribution is 5.90. The fraction of sp³-hybridized carbons (Fsp3) is 0.562. The third-order valence-corrected chi connectivity index (χ3v) is 8.65. The number of aliphatic carboxylic acids is 1. The fourth-order valence-electron chi connectivity index (χ4n) is 6.24. The lowest BCUT2D eigenvalue weighted by atomic mass is 9.87. The summed E-state index contributed by atoms with van der Waals surface area (Å²) in [6.07, 6.45) is -4.55. The summed E-state index contributed by atoms with van der Waals surface area (Å²) in [4.78, 5) is 33.4. The van der Waals surface area contributed by atoms with Crippen molar-refractivity contribution in [2.75, 3.05) is 33.6 Å². The Labute approximate surface area is 270 Å². The summed E-state index contributed by atoms with van der Waals surface area (Å²) in [6.45, 7) is 0.911. The first-order valence-electron chi connectivity index (χ1n) is 15.7. The van der Waals surface area contributed by atoms with E-state index in [2.05, 4.69) is 5.32 Å². The van der Waals surface area contributed by atoms with E-state index in [0.717, 1.165) is 48.9 Å². The van der Waals surface area contributed by atoms with Crippen molar-refractivity contribution >= 4 is 11.9 Å². The monoisotopic (exact) mass is 661 g/mol. The summed E-state index contributed by atoms with van der Waals surface area (Å²) >= 11 is 0. The van der Waals surface area contributed by atoms with Crippen LogP contribution in [0.4, 0.5) is 0 Å². The van der Waals surface area contributed by atoms with Gasteiger partial charge < -0.3 is 59.1 Å². The van der Waals surface area contributed by atoms with E-state index in [-0.39, 0.29) is 18.5 Å². The van der Waals surface area contributed by atoms with Gasteiger partial charge in [-0.25, -0.2) is 0 Å². The molecular weight excluding hydrogens is 622 g/mol. The summed E-state index contributed by atoms with van der Waals surface area (Å²) in [5, 5.41) is 43.7.